The first kappa shape index (κ1) is 23.0. The Bertz CT molecular complexity index is 649. The summed E-state index contributed by atoms with van der Waals surface area (Å²) in [5.74, 6) is 1.50. The van der Waals surface area contributed by atoms with Gasteiger partial charge < -0.3 is 15.5 Å². The van der Waals surface area contributed by atoms with E-state index in [0.717, 1.165) is 44.0 Å². The zero-order chi connectivity index (χ0) is 21.2. The number of halogens is 1. The molecule has 0 amide bonds. The van der Waals surface area contributed by atoms with Crippen molar-refractivity contribution in [1.82, 2.24) is 20.4 Å². The molecule has 0 bridgehead atoms. The molecule has 5 nitrogen and oxygen atoms in total. The summed E-state index contributed by atoms with van der Waals surface area (Å²) < 4.78 is 13.9. The molecule has 2 aliphatic rings. The van der Waals surface area contributed by atoms with E-state index in [1.54, 1.807) is 12.1 Å². The summed E-state index contributed by atoms with van der Waals surface area (Å²) in [6.07, 6.45) is 7.26. The van der Waals surface area contributed by atoms with Gasteiger partial charge in [-0.1, -0.05) is 31.5 Å². The minimum absolute atomic E-state index is 0.0904. The quantitative estimate of drug-likeness (QED) is 0.502. The van der Waals surface area contributed by atoms with Crippen molar-refractivity contribution in [3.05, 3.63) is 35.6 Å². The standard InChI is InChI=1S/C24H40FN5/c1-3-4-13-29-16-11-22(12-17-29)28-24(26-2)27-18-20-9-14-30(15-10-20)19-21-7-5-6-8-23(21)25/h5-8,20,22H,3-4,9-19H2,1-2H3,(H2,26,27,28). The Labute approximate surface area is 182 Å². The van der Waals surface area contributed by atoms with Crippen LogP contribution in [0.2, 0.25) is 0 Å². The second kappa shape index (κ2) is 12.3. The molecule has 30 heavy (non-hydrogen) atoms. The van der Waals surface area contributed by atoms with Crippen molar-refractivity contribution < 1.29 is 4.39 Å². The Morgan fingerprint density at radius 3 is 2.43 bits per heavy atom. The number of hydrogen-bond donors (Lipinski definition) is 2. The van der Waals surface area contributed by atoms with E-state index < -0.39 is 0 Å². The van der Waals surface area contributed by atoms with Crippen molar-refractivity contribution >= 4 is 5.96 Å². The number of benzene rings is 1. The van der Waals surface area contributed by atoms with Crippen LogP contribution in [0, 0.1) is 11.7 Å². The van der Waals surface area contributed by atoms with Gasteiger partial charge in [-0.25, -0.2) is 4.39 Å². The molecule has 0 atom stereocenters. The molecule has 0 unspecified atom stereocenters. The topological polar surface area (TPSA) is 42.9 Å². The van der Waals surface area contributed by atoms with Crippen LogP contribution in [0.15, 0.2) is 29.3 Å². The first-order valence-electron chi connectivity index (χ1n) is 11.8. The highest BCUT2D eigenvalue weighted by atomic mass is 19.1. The van der Waals surface area contributed by atoms with Crippen molar-refractivity contribution in [2.45, 2.75) is 58.0 Å². The maximum absolute atomic E-state index is 13.9. The monoisotopic (exact) mass is 417 g/mol. The van der Waals surface area contributed by atoms with E-state index >= 15 is 0 Å². The molecular weight excluding hydrogens is 377 g/mol. The van der Waals surface area contributed by atoms with Crippen molar-refractivity contribution in [3.8, 4) is 0 Å². The smallest absolute Gasteiger partial charge is 0.191 e. The third kappa shape index (κ3) is 7.24. The lowest BCUT2D eigenvalue weighted by Crippen LogP contribution is -2.50. The van der Waals surface area contributed by atoms with Crippen molar-refractivity contribution in [3.63, 3.8) is 0 Å². The van der Waals surface area contributed by atoms with Gasteiger partial charge in [-0.2, -0.15) is 0 Å². The molecule has 3 rings (SSSR count). The summed E-state index contributed by atoms with van der Waals surface area (Å²) in [6.45, 7) is 9.62. The molecule has 1 aromatic rings. The molecule has 0 aliphatic carbocycles. The largest absolute Gasteiger partial charge is 0.356 e. The van der Waals surface area contributed by atoms with E-state index in [0.29, 0.717) is 18.5 Å². The van der Waals surface area contributed by atoms with E-state index in [4.69, 9.17) is 0 Å². The van der Waals surface area contributed by atoms with Crippen LogP contribution >= 0.6 is 0 Å². The van der Waals surface area contributed by atoms with Crippen molar-refractivity contribution in [1.29, 1.82) is 0 Å². The van der Waals surface area contributed by atoms with Gasteiger partial charge in [0.2, 0.25) is 0 Å². The molecule has 168 valence electrons. The number of nitrogens with one attached hydrogen (secondary N) is 2. The van der Waals surface area contributed by atoms with Gasteiger partial charge in [0, 0.05) is 44.8 Å². The average Bonchev–Trinajstić information content (AvgIpc) is 2.78. The lowest BCUT2D eigenvalue weighted by molar-refractivity contribution is 0.176. The van der Waals surface area contributed by atoms with Gasteiger partial charge in [0.05, 0.1) is 0 Å². The Hall–Kier alpha value is -1.66. The SMILES string of the molecule is CCCCN1CCC(NC(=NC)NCC2CCN(Cc3ccccc3F)CC2)CC1. The van der Waals surface area contributed by atoms with Crippen LogP contribution in [0.5, 0.6) is 0 Å². The van der Waals surface area contributed by atoms with E-state index in [-0.39, 0.29) is 5.82 Å². The number of rotatable bonds is 8. The highest BCUT2D eigenvalue weighted by Gasteiger charge is 2.22. The van der Waals surface area contributed by atoms with Gasteiger partial charge in [-0.3, -0.25) is 9.89 Å². The Morgan fingerprint density at radius 2 is 1.77 bits per heavy atom. The van der Waals surface area contributed by atoms with Gasteiger partial charge in [-0.15, -0.1) is 0 Å². The Kier molecular flexibility index (Phi) is 9.40. The first-order chi connectivity index (χ1) is 14.7. The van der Waals surface area contributed by atoms with Crippen LogP contribution in [-0.4, -0.2) is 68.1 Å². The molecule has 1 aromatic carbocycles. The second-order valence-corrected chi connectivity index (χ2v) is 8.88. The summed E-state index contributed by atoms with van der Waals surface area (Å²) >= 11 is 0. The van der Waals surface area contributed by atoms with E-state index in [1.807, 2.05) is 19.2 Å². The van der Waals surface area contributed by atoms with Crippen molar-refractivity contribution in [2.24, 2.45) is 10.9 Å². The molecule has 2 aliphatic heterocycles. The van der Waals surface area contributed by atoms with Gasteiger partial charge in [0.25, 0.3) is 0 Å². The van der Waals surface area contributed by atoms with E-state index in [2.05, 4.69) is 32.3 Å². The van der Waals surface area contributed by atoms with Gasteiger partial charge in [-0.05, 0) is 63.7 Å². The fraction of sp³-hybridized carbons (Fsp3) is 0.708. The number of aliphatic imine (C=N–C) groups is 1. The number of likely N-dealkylation sites (tertiary alicyclic amines) is 2. The summed E-state index contributed by atoms with van der Waals surface area (Å²) in [5.41, 5.74) is 0.805. The van der Waals surface area contributed by atoms with E-state index in [1.165, 1.54) is 45.3 Å². The lowest BCUT2D eigenvalue weighted by Gasteiger charge is -2.34. The van der Waals surface area contributed by atoms with Gasteiger partial charge in [0.1, 0.15) is 5.82 Å². The fourth-order valence-corrected chi connectivity index (χ4v) is 4.53. The van der Waals surface area contributed by atoms with Crippen molar-refractivity contribution in [2.75, 3.05) is 46.3 Å². The van der Waals surface area contributed by atoms with Crippen LogP contribution in [0.4, 0.5) is 4.39 Å². The van der Waals surface area contributed by atoms with Gasteiger partial charge in [0.15, 0.2) is 5.96 Å². The summed E-state index contributed by atoms with van der Waals surface area (Å²) in [4.78, 5) is 9.40. The average molecular weight is 418 g/mol. The number of piperidine rings is 2. The Morgan fingerprint density at radius 1 is 1.07 bits per heavy atom. The fourth-order valence-electron chi connectivity index (χ4n) is 4.53. The maximum atomic E-state index is 13.9. The number of hydrogen-bond acceptors (Lipinski definition) is 3. The normalized spacial score (nSPS) is 20.4. The molecule has 2 heterocycles. The van der Waals surface area contributed by atoms with Gasteiger partial charge >= 0.3 is 0 Å². The molecule has 6 heteroatoms. The first-order valence-corrected chi connectivity index (χ1v) is 11.8. The molecular formula is C24H40FN5. The summed E-state index contributed by atoms with van der Waals surface area (Å²) in [6, 6.07) is 7.65. The van der Waals surface area contributed by atoms with E-state index in [9.17, 15) is 4.39 Å². The third-order valence-electron chi connectivity index (χ3n) is 6.60. The molecule has 2 N–H and O–H groups in total. The number of unbranched alkanes of at least 4 members (excludes halogenated alkanes) is 1. The zero-order valence-electron chi connectivity index (χ0n) is 18.9. The summed E-state index contributed by atoms with van der Waals surface area (Å²) in [5, 5.41) is 7.18. The number of guanidine groups is 1. The molecule has 0 aromatic heterocycles. The maximum Gasteiger partial charge on any atom is 0.191 e. The minimum atomic E-state index is -0.0904. The molecule has 2 fully saturated rings. The molecule has 0 spiro atoms. The van der Waals surface area contributed by atoms with Crippen LogP contribution in [-0.2, 0) is 6.54 Å². The third-order valence-corrected chi connectivity index (χ3v) is 6.60. The van der Waals surface area contributed by atoms with Crippen LogP contribution in [0.25, 0.3) is 0 Å². The second-order valence-electron chi connectivity index (χ2n) is 8.88. The molecule has 2 saturated heterocycles. The highest BCUT2D eigenvalue weighted by molar-refractivity contribution is 5.79. The highest BCUT2D eigenvalue weighted by Crippen LogP contribution is 2.19. The van der Waals surface area contributed by atoms with Crippen LogP contribution < -0.4 is 10.6 Å². The lowest BCUT2D eigenvalue weighted by atomic mass is 9.96. The molecule has 0 radical (unpaired) electrons. The number of nitrogens with zero attached hydrogens (tertiary/aromatic N) is 3. The zero-order valence-corrected chi connectivity index (χ0v) is 18.9. The summed E-state index contributed by atoms with van der Waals surface area (Å²) in [7, 11) is 1.86. The van der Waals surface area contributed by atoms with Crippen LogP contribution in [0.1, 0.15) is 51.0 Å². The predicted octanol–water partition coefficient (Wildman–Crippen LogP) is 3.47. The van der Waals surface area contributed by atoms with Crippen LogP contribution in [0.3, 0.4) is 0 Å². The molecule has 0 saturated carbocycles. The minimum Gasteiger partial charge on any atom is -0.356 e. The predicted molar refractivity (Wildman–Crippen MR) is 123 cm³/mol. The Balaban J connectivity index is 1.33.